The molecule has 0 bridgehead atoms. The third-order valence-electron chi connectivity index (χ3n) is 23.6. The molecule has 1 aliphatic heterocycles. The molecule has 138 heavy (non-hydrogen) atoms. The van der Waals surface area contributed by atoms with Crippen molar-refractivity contribution < 1.29 is 96.8 Å². The Kier molecular flexibility index (Phi) is 64.0. The minimum Gasteiger partial charge on any atom is -0.508 e. The predicted octanol–water partition coefficient (Wildman–Crippen LogP) is 9.56. The zero-order valence-corrected chi connectivity index (χ0v) is 82.0. The number of hydrogen-bond acceptors (Lipinski definition) is 21. The maximum Gasteiger partial charge on any atom is 0.336 e. The van der Waals surface area contributed by atoms with Crippen LogP contribution >= 0.6 is 0 Å². The van der Waals surface area contributed by atoms with E-state index in [1.807, 2.05) is 6.92 Å². The highest BCUT2D eigenvalue weighted by Crippen LogP contribution is 2.42. The number of hydrogen-bond donors (Lipinski definition) is 20. The molecule has 2 aliphatic rings. The van der Waals surface area contributed by atoms with Crippen LogP contribution in [0.1, 0.15) is 344 Å². The summed E-state index contributed by atoms with van der Waals surface area (Å²) in [6.07, 6.45) is 40.5. The molecular formula is C100H161N17O21. The standard InChI is InChI=1S/C50H61N11O17.C50H100N6O4/c1-26(63)59-35(9-6-18-55-50(51)52)47(74)56-23-40(66)60-37(22-41(67)68)48(75)61-36(46(73)54-17-4-2-7-34(58-25-62)45(72)57-24-42(69)70)8-3-5-16-53-44(71)27-10-13-30(33(19-27)49(76)77)43-31-14-11-28(64)20-38(31)78-39-21-29(65)12-15-32(39)43;1-4-6-8-10-12-14-16-18-20-22-24-26-28-39-47(57)53-43-35-32-38-45(55-48(58)40-29-27-25-23-21-19-17-15-13-11-9-7-5-2)50(60)56-46(37-31-34-42-52)49(59)54-44(3)36-30-33-41-51/h10-15,19-21,25,34-37,64H,2-9,16-18,22-24H2,1H3,(H,53,71)(H,54,73)(H,56,74)(H,57,72)(H,58,62)(H,59,63)(H,60,66)(H,61,75)(H,67,68)(H,69,70)(H,76,77)(H4,51,52,55);44-46H,4-43,51-52H2,1-3H3,(H,53,57)(H,54,59)(H,55,58)(H,56,60)/t34-,35-,36-,37-;44-,45+,46+/m00/s1. The number of fused-ring (bicyclic) bond motifs is 2. The largest absolute Gasteiger partial charge is 0.508 e. The van der Waals surface area contributed by atoms with Crippen molar-refractivity contribution in [1.82, 2.24) is 63.8 Å². The van der Waals surface area contributed by atoms with E-state index >= 15 is 0 Å². The molecule has 0 fully saturated rings. The number of guanidine groups is 1. The van der Waals surface area contributed by atoms with Crippen molar-refractivity contribution in [2.24, 2.45) is 27.9 Å². The Bertz CT molecular complexity index is 4410. The van der Waals surface area contributed by atoms with Crippen LogP contribution in [0.4, 0.5) is 0 Å². The van der Waals surface area contributed by atoms with E-state index in [-0.39, 0.29) is 152 Å². The number of amides is 12. The topological polar surface area (TPSA) is 628 Å². The van der Waals surface area contributed by atoms with Crippen LogP contribution in [-0.4, -0.2) is 210 Å². The summed E-state index contributed by atoms with van der Waals surface area (Å²) in [4.78, 5) is 206. The molecule has 4 rings (SSSR count). The van der Waals surface area contributed by atoms with Crippen LogP contribution in [0.2, 0.25) is 0 Å². The van der Waals surface area contributed by atoms with Gasteiger partial charge < -0.3 is 112 Å². The summed E-state index contributed by atoms with van der Waals surface area (Å²) >= 11 is 0. The Morgan fingerprint density at radius 2 is 0.870 bits per heavy atom. The summed E-state index contributed by atoms with van der Waals surface area (Å²) < 4.78 is 5.87. The molecule has 0 saturated carbocycles. The van der Waals surface area contributed by atoms with Crippen LogP contribution < -0.4 is 92.2 Å². The molecule has 772 valence electrons. The second-order valence-electron chi connectivity index (χ2n) is 35.6. The minimum absolute atomic E-state index is 0.0275. The quantitative estimate of drug-likeness (QED) is 0.00642. The van der Waals surface area contributed by atoms with Gasteiger partial charge in [0.25, 0.3) is 5.91 Å². The lowest BCUT2D eigenvalue weighted by Crippen LogP contribution is -2.56. The number of phenols is 1. The number of benzene rings is 3. The molecule has 0 radical (unpaired) electrons. The molecule has 0 unspecified atom stereocenters. The summed E-state index contributed by atoms with van der Waals surface area (Å²) in [5.41, 5.74) is 22.4. The molecule has 1 aliphatic carbocycles. The molecule has 0 aromatic heterocycles. The fourth-order valence-electron chi connectivity index (χ4n) is 15.9. The number of unbranched alkanes of at least 4 members (excludes halogenated alkanes) is 29. The molecule has 0 spiro atoms. The minimum atomic E-state index is -1.78. The van der Waals surface area contributed by atoms with Crippen LogP contribution in [0.3, 0.4) is 0 Å². The first-order chi connectivity index (χ1) is 66.4. The number of nitrogens with two attached hydrogens (primary N) is 4. The van der Waals surface area contributed by atoms with Crippen LogP contribution in [-0.2, 0) is 62.3 Å². The van der Waals surface area contributed by atoms with Gasteiger partial charge in [-0.3, -0.25) is 76.9 Å². The molecular weight excluding hydrogens is 1780 g/mol. The zero-order valence-electron chi connectivity index (χ0n) is 82.0. The number of aromatic carboxylic acids is 1. The van der Waals surface area contributed by atoms with Crippen LogP contribution in [0.15, 0.2) is 68.8 Å². The maximum atomic E-state index is 13.8. The van der Waals surface area contributed by atoms with Crippen molar-refractivity contribution in [2.45, 2.75) is 365 Å². The number of aromatic hydroxyl groups is 1. The summed E-state index contributed by atoms with van der Waals surface area (Å²) in [7, 11) is 0. The van der Waals surface area contributed by atoms with E-state index in [0.717, 1.165) is 57.8 Å². The monoisotopic (exact) mass is 1940 g/mol. The van der Waals surface area contributed by atoms with Gasteiger partial charge >= 0.3 is 17.9 Å². The van der Waals surface area contributed by atoms with E-state index in [2.05, 4.69) is 82.6 Å². The second kappa shape index (κ2) is 73.4. The van der Waals surface area contributed by atoms with Gasteiger partial charge in [-0.15, -0.1) is 0 Å². The Labute approximate surface area is 812 Å². The molecule has 38 heteroatoms. The fourth-order valence-corrected chi connectivity index (χ4v) is 15.9. The number of carboxylic acid groups (broad SMARTS) is 3. The summed E-state index contributed by atoms with van der Waals surface area (Å²) in [6.45, 7) is 7.97. The van der Waals surface area contributed by atoms with Crippen molar-refractivity contribution in [3.63, 3.8) is 0 Å². The summed E-state index contributed by atoms with van der Waals surface area (Å²) in [5, 5.41) is 70.8. The highest BCUT2D eigenvalue weighted by molar-refractivity contribution is 6.09. The molecule has 2 aromatic rings. The maximum absolute atomic E-state index is 13.8. The highest BCUT2D eigenvalue weighted by atomic mass is 16.4. The SMILES string of the molecule is CC(=O)N[C@@H](CCCN=C(N)N)C(=O)NCC(=O)N[C@@H](CC(=O)O)C(=O)N[C@@H](CCCCNC(=O)c1ccc(-c2c3ccc(=O)cc-3oc3cc(O)ccc23)c(C(=O)O)c1)C(=O)NCCCC[C@H](NC=O)C(=O)NCC(=O)O.CCCCCCCCCCCCCCCC(=O)NCCCC[C@@H](NC(=O)CCCCCCCCCCCCCCC)C(=O)N[C@H](CCCCN)C(=O)N[C@@H](C)CCCCN. The number of carbonyl (C=O) groups is 15. The molecule has 7 atom stereocenters. The fraction of sp³-hybridized carbons (Fsp3) is 0.650. The summed E-state index contributed by atoms with van der Waals surface area (Å²) in [6, 6.07) is 5.36. The van der Waals surface area contributed by atoms with Gasteiger partial charge in [0, 0.05) is 86.2 Å². The van der Waals surface area contributed by atoms with Crippen molar-refractivity contribution >= 4 is 106 Å². The van der Waals surface area contributed by atoms with Gasteiger partial charge in [0.15, 0.2) is 11.4 Å². The number of carboxylic acids is 3. The van der Waals surface area contributed by atoms with E-state index in [9.17, 15) is 92.0 Å². The van der Waals surface area contributed by atoms with Crippen LogP contribution in [0.5, 0.6) is 5.75 Å². The molecule has 2 aromatic carbocycles. The first-order valence-corrected chi connectivity index (χ1v) is 50.2. The molecule has 1 heterocycles. The van der Waals surface area contributed by atoms with E-state index in [0.29, 0.717) is 81.1 Å². The number of nitrogens with one attached hydrogen (secondary N) is 12. The summed E-state index contributed by atoms with van der Waals surface area (Å²) in [5.74, 6) is -10.6. The lowest BCUT2D eigenvalue weighted by atomic mass is 9.90. The number of phenolic OH excluding ortho intramolecular Hbond substituents is 1. The average Bonchev–Trinajstić information content (AvgIpc) is 0.745. The second-order valence-corrected chi connectivity index (χ2v) is 35.6. The first-order valence-electron chi connectivity index (χ1n) is 50.2. The van der Waals surface area contributed by atoms with E-state index in [4.69, 9.17) is 32.5 Å². The molecule has 12 amide bonds. The van der Waals surface area contributed by atoms with Crippen molar-refractivity contribution in [1.29, 1.82) is 0 Å². The third-order valence-corrected chi connectivity index (χ3v) is 23.6. The number of aliphatic carboxylic acids is 2. The van der Waals surface area contributed by atoms with Gasteiger partial charge in [-0.05, 0) is 178 Å². The van der Waals surface area contributed by atoms with E-state index in [1.54, 1.807) is 0 Å². The Morgan fingerprint density at radius 3 is 1.40 bits per heavy atom. The first kappa shape index (κ1) is 120. The van der Waals surface area contributed by atoms with Gasteiger partial charge in [-0.25, -0.2) is 4.79 Å². The molecule has 0 saturated heterocycles. The Balaban J connectivity index is 0.000000737. The van der Waals surface area contributed by atoms with Crippen LogP contribution in [0.25, 0.3) is 33.4 Å². The third kappa shape index (κ3) is 53.8. The Hall–Kier alpha value is -11.8. The normalized spacial score (nSPS) is 12.5. The van der Waals surface area contributed by atoms with Gasteiger partial charge in [0.05, 0.1) is 18.5 Å². The smallest absolute Gasteiger partial charge is 0.336 e. The average molecular weight is 1940 g/mol. The van der Waals surface area contributed by atoms with Gasteiger partial charge in [-0.1, -0.05) is 180 Å². The number of rotatable bonds is 78. The number of carbonyl (C=O) groups excluding carboxylic acids is 12. The van der Waals surface area contributed by atoms with Gasteiger partial charge in [-0.2, -0.15) is 0 Å². The van der Waals surface area contributed by atoms with Crippen molar-refractivity contribution in [3.8, 4) is 28.2 Å². The van der Waals surface area contributed by atoms with Gasteiger partial charge in [0.1, 0.15) is 59.9 Å². The number of nitrogens with zero attached hydrogens (tertiary/aromatic N) is 1. The van der Waals surface area contributed by atoms with Gasteiger partial charge in [0.2, 0.25) is 65.5 Å². The van der Waals surface area contributed by atoms with E-state index < -0.39 is 115 Å². The highest BCUT2D eigenvalue weighted by Gasteiger charge is 2.32. The van der Waals surface area contributed by atoms with E-state index in [1.165, 1.54) is 196 Å². The lowest BCUT2D eigenvalue weighted by Gasteiger charge is -2.25. The zero-order chi connectivity index (χ0) is 102. The molecule has 24 N–H and O–H groups in total. The van der Waals surface area contributed by atoms with Crippen molar-refractivity contribution in [2.75, 3.05) is 52.4 Å². The van der Waals surface area contributed by atoms with Crippen LogP contribution in [0, 0.1) is 0 Å². The lowest BCUT2D eigenvalue weighted by molar-refractivity contribution is -0.141. The number of aliphatic imine (C=N–C) groups is 1. The Morgan fingerprint density at radius 1 is 0.420 bits per heavy atom. The predicted molar refractivity (Wildman–Crippen MR) is 531 cm³/mol. The molecule has 38 nitrogen and oxygen atoms in total. The van der Waals surface area contributed by atoms with Crippen molar-refractivity contribution in [3.05, 3.63) is 75.9 Å².